The number of alkyl halides is 2. The highest BCUT2D eigenvalue weighted by Gasteiger charge is 2.36. The maximum Gasteiger partial charge on any atom is 0.261 e. The van der Waals surface area contributed by atoms with E-state index >= 15 is 0 Å². The smallest absolute Gasteiger partial charge is 0.261 e. The van der Waals surface area contributed by atoms with Crippen LogP contribution < -0.4 is 10.6 Å². The number of carbonyl (C=O) groups excluding carboxylic acids is 1. The Balaban J connectivity index is 1.35. The van der Waals surface area contributed by atoms with Crippen LogP contribution in [0.4, 0.5) is 20.3 Å². The summed E-state index contributed by atoms with van der Waals surface area (Å²) in [4.78, 5) is 13.3. The van der Waals surface area contributed by atoms with Crippen molar-refractivity contribution >= 4 is 27.4 Å². The van der Waals surface area contributed by atoms with E-state index in [0.717, 1.165) is 36.8 Å². The molecule has 3 aromatic rings. The van der Waals surface area contributed by atoms with Crippen molar-refractivity contribution in [1.82, 2.24) is 14.1 Å². The van der Waals surface area contributed by atoms with Crippen molar-refractivity contribution in [2.45, 2.75) is 62.4 Å². The lowest BCUT2D eigenvalue weighted by atomic mass is 9.96. The van der Waals surface area contributed by atoms with Crippen molar-refractivity contribution in [3.63, 3.8) is 0 Å². The number of benzene rings is 2. The van der Waals surface area contributed by atoms with Gasteiger partial charge in [-0.3, -0.25) is 4.79 Å². The molecule has 2 N–H and O–H groups in total. The minimum atomic E-state index is -3.61. The molecule has 8 nitrogen and oxygen atoms in total. The third-order valence-electron chi connectivity index (χ3n) is 7.23. The first-order valence-electron chi connectivity index (χ1n) is 12.8. The fourth-order valence-electron chi connectivity index (χ4n) is 5.06. The average molecular weight is 544 g/mol. The first-order valence-corrected chi connectivity index (χ1v) is 14.3. The fraction of sp³-hybridized carbons (Fsp3) is 0.407. The number of sulfonamides is 1. The van der Waals surface area contributed by atoms with Crippen LogP contribution in [-0.4, -0.2) is 47.9 Å². The fourth-order valence-corrected chi connectivity index (χ4v) is 6.57. The van der Waals surface area contributed by atoms with Gasteiger partial charge in [-0.15, -0.1) is 0 Å². The number of aromatic nitrogens is 2. The molecule has 1 fully saturated rings. The molecule has 3 heterocycles. The van der Waals surface area contributed by atoms with Gasteiger partial charge < -0.3 is 10.6 Å². The summed E-state index contributed by atoms with van der Waals surface area (Å²) in [6.45, 7) is 2.96. The standard InChI is InChI=1S/C27H31F2N5O3S/c1-18-6-8-19(9-7-18)23-16-24(25(28)29)34-26(32-23)22(17-30-34)27(35)31-20-10-12-21(13-11-20)38(36,37)33-14-4-2-3-5-15-33/h6-13,17,23-25,32H,2-5,14-16H2,1H3,(H,31,35)/t23-,24+/m0/s1. The van der Waals surface area contributed by atoms with Crippen molar-refractivity contribution in [1.29, 1.82) is 0 Å². The molecule has 2 aromatic carbocycles. The Hall–Kier alpha value is -3.31. The summed E-state index contributed by atoms with van der Waals surface area (Å²) in [5.41, 5.74) is 2.43. The van der Waals surface area contributed by atoms with E-state index in [0.29, 0.717) is 18.8 Å². The van der Waals surface area contributed by atoms with Crippen molar-refractivity contribution < 1.29 is 22.0 Å². The molecule has 2 aliphatic rings. The normalized spacial score (nSPS) is 20.4. The van der Waals surface area contributed by atoms with Gasteiger partial charge in [-0.1, -0.05) is 42.7 Å². The quantitative estimate of drug-likeness (QED) is 0.436. The van der Waals surface area contributed by atoms with Gasteiger partial charge >= 0.3 is 0 Å². The molecule has 0 saturated carbocycles. The Morgan fingerprint density at radius 2 is 1.68 bits per heavy atom. The number of hydrogen-bond donors (Lipinski definition) is 2. The number of halogens is 2. The summed E-state index contributed by atoms with van der Waals surface area (Å²) in [5, 5.41) is 10.1. The number of anilines is 2. The molecule has 0 bridgehead atoms. The molecule has 1 amide bonds. The summed E-state index contributed by atoms with van der Waals surface area (Å²) >= 11 is 0. The van der Waals surface area contributed by atoms with E-state index in [4.69, 9.17) is 0 Å². The molecule has 11 heteroatoms. The van der Waals surface area contributed by atoms with Crippen molar-refractivity contribution in [3.05, 3.63) is 71.4 Å². The second-order valence-corrected chi connectivity index (χ2v) is 11.8. The zero-order valence-electron chi connectivity index (χ0n) is 21.1. The largest absolute Gasteiger partial charge is 0.363 e. The molecular formula is C27H31F2N5O3S. The number of aryl methyl sites for hydroxylation is 1. The van der Waals surface area contributed by atoms with Gasteiger partial charge in [0.1, 0.15) is 17.4 Å². The number of hydrogen-bond acceptors (Lipinski definition) is 5. The van der Waals surface area contributed by atoms with Crippen LogP contribution in [0.1, 0.15) is 65.7 Å². The number of amides is 1. The molecule has 2 atom stereocenters. The predicted octanol–water partition coefficient (Wildman–Crippen LogP) is 5.37. The van der Waals surface area contributed by atoms with Crippen LogP contribution in [0.15, 0.2) is 59.6 Å². The second-order valence-electron chi connectivity index (χ2n) is 9.89. The molecule has 38 heavy (non-hydrogen) atoms. The van der Waals surface area contributed by atoms with Gasteiger partial charge in [0.15, 0.2) is 0 Å². The summed E-state index contributed by atoms with van der Waals surface area (Å²) in [7, 11) is -3.61. The number of rotatable bonds is 6. The number of nitrogens with zero attached hydrogens (tertiary/aromatic N) is 3. The zero-order valence-corrected chi connectivity index (χ0v) is 21.9. The molecular weight excluding hydrogens is 512 g/mol. The Bertz CT molecular complexity index is 1380. The van der Waals surface area contributed by atoms with Gasteiger partial charge in [-0.05, 0) is 56.0 Å². The maximum atomic E-state index is 14.0. The second kappa shape index (κ2) is 10.8. The van der Waals surface area contributed by atoms with E-state index in [2.05, 4.69) is 15.7 Å². The monoisotopic (exact) mass is 543 g/mol. The van der Waals surface area contributed by atoms with Gasteiger partial charge in [0, 0.05) is 18.8 Å². The van der Waals surface area contributed by atoms with Gasteiger partial charge in [0.25, 0.3) is 12.3 Å². The van der Waals surface area contributed by atoms with Crippen LogP contribution in [0.5, 0.6) is 0 Å². The lowest BCUT2D eigenvalue weighted by Gasteiger charge is -2.32. The number of fused-ring (bicyclic) bond motifs is 1. The Morgan fingerprint density at radius 3 is 2.32 bits per heavy atom. The number of nitrogens with one attached hydrogen (secondary N) is 2. The Labute approximate surface area is 221 Å². The molecule has 0 unspecified atom stereocenters. The van der Waals surface area contributed by atoms with E-state index in [1.807, 2.05) is 31.2 Å². The van der Waals surface area contributed by atoms with Crippen molar-refractivity contribution in [2.24, 2.45) is 0 Å². The molecule has 2 aliphatic heterocycles. The third-order valence-corrected chi connectivity index (χ3v) is 9.14. The first kappa shape index (κ1) is 26.3. The lowest BCUT2D eigenvalue weighted by molar-refractivity contribution is 0.0657. The molecule has 0 spiro atoms. The minimum Gasteiger partial charge on any atom is -0.363 e. The van der Waals surface area contributed by atoms with Crippen LogP contribution in [0.3, 0.4) is 0 Å². The van der Waals surface area contributed by atoms with E-state index in [1.54, 1.807) is 0 Å². The minimum absolute atomic E-state index is 0.128. The zero-order chi connectivity index (χ0) is 26.9. The van der Waals surface area contributed by atoms with E-state index in [-0.39, 0.29) is 22.7 Å². The summed E-state index contributed by atoms with van der Waals surface area (Å²) in [6, 6.07) is 12.0. The maximum absolute atomic E-state index is 14.0. The van der Waals surface area contributed by atoms with Crippen molar-refractivity contribution in [2.75, 3.05) is 23.7 Å². The Morgan fingerprint density at radius 1 is 1.03 bits per heavy atom. The summed E-state index contributed by atoms with van der Waals surface area (Å²) < 4.78 is 56.7. The summed E-state index contributed by atoms with van der Waals surface area (Å²) in [5.74, 6) is -0.301. The topological polar surface area (TPSA) is 96.3 Å². The molecule has 5 rings (SSSR count). The summed E-state index contributed by atoms with van der Waals surface area (Å²) in [6.07, 6.45) is 2.48. The molecule has 0 radical (unpaired) electrons. The third kappa shape index (κ3) is 5.30. The van der Waals surface area contributed by atoms with Crippen LogP contribution in [0.25, 0.3) is 0 Å². The van der Waals surface area contributed by atoms with Gasteiger partial charge in [0.2, 0.25) is 10.0 Å². The molecule has 1 saturated heterocycles. The number of carbonyl (C=O) groups is 1. The van der Waals surface area contributed by atoms with Gasteiger partial charge in [0.05, 0.1) is 17.1 Å². The van der Waals surface area contributed by atoms with Crippen LogP contribution in [0, 0.1) is 6.92 Å². The highest BCUT2D eigenvalue weighted by Crippen LogP contribution is 2.39. The van der Waals surface area contributed by atoms with Crippen LogP contribution >= 0.6 is 0 Å². The van der Waals surface area contributed by atoms with Crippen molar-refractivity contribution in [3.8, 4) is 0 Å². The van der Waals surface area contributed by atoms with Crippen LogP contribution in [0.2, 0.25) is 0 Å². The molecule has 1 aromatic heterocycles. The van der Waals surface area contributed by atoms with E-state index in [9.17, 15) is 22.0 Å². The predicted molar refractivity (Wildman–Crippen MR) is 141 cm³/mol. The van der Waals surface area contributed by atoms with E-state index < -0.39 is 34.4 Å². The first-order chi connectivity index (χ1) is 18.2. The lowest BCUT2D eigenvalue weighted by Crippen LogP contribution is -2.32. The molecule has 202 valence electrons. The van der Waals surface area contributed by atoms with Crippen LogP contribution in [-0.2, 0) is 10.0 Å². The Kier molecular flexibility index (Phi) is 7.49. The highest BCUT2D eigenvalue weighted by molar-refractivity contribution is 7.89. The average Bonchev–Trinajstić information content (AvgIpc) is 3.13. The van der Waals surface area contributed by atoms with Gasteiger partial charge in [-0.25, -0.2) is 21.9 Å². The van der Waals surface area contributed by atoms with E-state index in [1.165, 1.54) is 39.4 Å². The van der Waals surface area contributed by atoms with Gasteiger partial charge in [-0.2, -0.15) is 9.40 Å². The SMILES string of the molecule is Cc1ccc([C@@H]2C[C@H](C(F)F)n3ncc(C(=O)Nc4ccc(S(=O)(=O)N5CCCCCC5)cc4)c3N2)cc1. The highest BCUT2D eigenvalue weighted by atomic mass is 32.2. The molecule has 0 aliphatic carbocycles.